The predicted molar refractivity (Wildman–Crippen MR) is 94.4 cm³/mol. The number of halogens is 2. The summed E-state index contributed by atoms with van der Waals surface area (Å²) in [6.45, 7) is 1.90. The first-order valence-corrected chi connectivity index (χ1v) is 8.23. The van der Waals surface area contributed by atoms with Crippen molar-refractivity contribution in [1.29, 1.82) is 0 Å². The summed E-state index contributed by atoms with van der Waals surface area (Å²) in [5.74, 6) is -1.06. The molecule has 2 aromatic carbocycles. The number of aryl methyl sites for hydroxylation is 1. The van der Waals surface area contributed by atoms with Crippen molar-refractivity contribution in [3.63, 3.8) is 0 Å². The second-order valence-corrected chi connectivity index (χ2v) is 5.92. The van der Waals surface area contributed by atoms with Gasteiger partial charge in [0, 0.05) is 12.5 Å². The maximum absolute atomic E-state index is 13.4. The van der Waals surface area contributed by atoms with Gasteiger partial charge in [0.1, 0.15) is 17.5 Å². The molecule has 0 radical (unpaired) electrons. The van der Waals surface area contributed by atoms with E-state index in [-0.39, 0.29) is 17.3 Å². The van der Waals surface area contributed by atoms with Crippen LogP contribution in [0.4, 0.5) is 8.78 Å². The van der Waals surface area contributed by atoms with Crippen molar-refractivity contribution in [3.8, 4) is 0 Å². The largest absolute Gasteiger partial charge is 0.280 e. The third-order valence-electron chi connectivity index (χ3n) is 3.86. The molecule has 0 aliphatic carbocycles. The Labute approximate surface area is 148 Å². The number of hydrogen-bond donors (Lipinski definition) is 1. The highest BCUT2D eigenvalue weighted by molar-refractivity contribution is 5.86. The maximum atomic E-state index is 13.4. The lowest BCUT2D eigenvalue weighted by atomic mass is 10.1. The number of rotatable bonds is 5. The number of fused-ring (bicyclic) bond motifs is 1. The van der Waals surface area contributed by atoms with E-state index >= 15 is 0 Å². The van der Waals surface area contributed by atoms with E-state index in [0.717, 1.165) is 4.68 Å². The fourth-order valence-corrected chi connectivity index (χ4v) is 2.71. The van der Waals surface area contributed by atoms with Crippen molar-refractivity contribution < 1.29 is 13.6 Å². The molecule has 0 saturated heterocycles. The minimum Gasteiger partial charge on any atom is -0.273 e. The minimum atomic E-state index is -0.486. The molecule has 0 aliphatic heterocycles. The van der Waals surface area contributed by atoms with Crippen LogP contribution < -0.4 is 11.0 Å². The average molecular weight is 357 g/mol. The highest BCUT2D eigenvalue weighted by Crippen LogP contribution is 2.11. The van der Waals surface area contributed by atoms with Gasteiger partial charge < -0.3 is 0 Å². The Morgan fingerprint density at radius 1 is 1.15 bits per heavy atom. The quantitative estimate of drug-likeness (QED) is 0.764. The molecule has 134 valence electrons. The Morgan fingerprint density at radius 2 is 1.92 bits per heavy atom. The monoisotopic (exact) mass is 357 g/mol. The van der Waals surface area contributed by atoms with Gasteiger partial charge in [-0.1, -0.05) is 19.1 Å². The Hall–Kier alpha value is -3.09. The van der Waals surface area contributed by atoms with Crippen LogP contribution in [0.1, 0.15) is 24.7 Å². The average Bonchev–Trinajstić information content (AvgIpc) is 2.58. The van der Waals surface area contributed by atoms with Gasteiger partial charge in [-0.15, -0.1) is 0 Å². The standard InChI is InChI=1S/C19H17F2N3O2/c1-2-4-17-22-16-11-14(21)7-8-15(16)19(26)24(17)23-18(25)10-12-5-3-6-13(20)9-12/h3,5-9,11H,2,4,10H2,1H3,(H,23,25). The third-order valence-corrected chi connectivity index (χ3v) is 3.86. The Morgan fingerprint density at radius 3 is 2.65 bits per heavy atom. The fraction of sp³-hybridized carbons (Fsp3) is 0.211. The molecule has 0 bridgehead atoms. The molecule has 3 aromatic rings. The first kappa shape index (κ1) is 17.7. The molecule has 1 aromatic heterocycles. The van der Waals surface area contributed by atoms with Crippen molar-refractivity contribution in [3.05, 3.63) is 75.8 Å². The van der Waals surface area contributed by atoms with Gasteiger partial charge in [-0.25, -0.2) is 18.4 Å². The zero-order valence-corrected chi connectivity index (χ0v) is 14.1. The van der Waals surface area contributed by atoms with Gasteiger partial charge in [0.05, 0.1) is 17.3 Å². The molecule has 1 amide bonds. The van der Waals surface area contributed by atoms with Crippen LogP contribution in [0.3, 0.4) is 0 Å². The normalized spacial score (nSPS) is 10.9. The summed E-state index contributed by atoms with van der Waals surface area (Å²) in [5, 5.41) is 0.206. The second-order valence-electron chi connectivity index (χ2n) is 5.92. The molecular formula is C19H17F2N3O2. The molecule has 1 N–H and O–H groups in total. The zero-order chi connectivity index (χ0) is 18.7. The molecule has 7 heteroatoms. The Kier molecular flexibility index (Phi) is 5.06. The first-order valence-electron chi connectivity index (χ1n) is 8.23. The second kappa shape index (κ2) is 7.43. The number of carbonyl (C=O) groups is 1. The van der Waals surface area contributed by atoms with Crippen LogP contribution in [0.5, 0.6) is 0 Å². The number of hydrogen-bond acceptors (Lipinski definition) is 3. The lowest BCUT2D eigenvalue weighted by Gasteiger charge is -2.14. The van der Waals surface area contributed by atoms with E-state index in [4.69, 9.17) is 0 Å². The molecule has 5 nitrogen and oxygen atoms in total. The number of amides is 1. The van der Waals surface area contributed by atoms with Crippen LogP contribution in [0.25, 0.3) is 10.9 Å². The Bertz CT molecular complexity index is 1030. The molecule has 0 fully saturated rings. The summed E-state index contributed by atoms with van der Waals surface area (Å²) >= 11 is 0. The van der Waals surface area contributed by atoms with Crippen LogP contribution in [-0.2, 0) is 17.6 Å². The highest BCUT2D eigenvalue weighted by Gasteiger charge is 2.14. The molecule has 26 heavy (non-hydrogen) atoms. The van der Waals surface area contributed by atoms with Gasteiger partial charge in [0.25, 0.3) is 5.56 Å². The molecule has 0 unspecified atom stereocenters. The van der Waals surface area contributed by atoms with Crippen LogP contribution >= 0.6 is 0 Å². The van der Waals surface area contributed by atoms with Crippen molar-refractivity contribution in [2.75, 3.05) is 5.43 Å². The summed E-state index contributed by atoms with van der Waals surface area (Å²) in [6.07, 6.45) is 1.03. The molecule has 3 rings (SSSR count). The first-order chi connectivity index (χ1) is 12.5. The summed E-state index contributed by atoms with van der Waals surface area (Å²) in [7, 11) is 0. The van der Waals surface area contributed by atoms with Gasteiger partial charge in [-0.2, -0.15) is 0 Å². The highest BCUT2D eigenvalue weighted by atomic mass is 19.1. The van der Waals surface area contributed by atoms with E-state index in [1.807, 2.05) is 6.92 Å². The third kappa shape index (κ3) is 3.77. The van der Waals surface area contributed by atoms with E-state index in [1.54, 1.807) is 6.07 Å². The van der Waals surface area contributed by atoms with E-state index in [9.17, 15) is 18.4 Å². The fourth-order valence-electron chi connectivity index (χ4n) is 2.71. The molecule has 0 saturated carbocycles. The van der Waals surface area contributed by atoms with Crippen LogP contribution in [0.2, 0.25) is 0 Å². The number of aromatic nitrogens is 2. The Balaban J connectivity index is 1.96. The van der Waals surface area contributed by atoms with Crippen LogP contribution in [0.15, 0.2) is 47.3 Å². The van der Waals surface area contributed by atoms with Gasteiger partial charge in [-0.3, -0.25) is 15.0 Å². The maximum Gasteiger partial charge on any atom is 0.280 e. The van der Waals surface area contributed by atoms with Crippen LogP contribution in [0, 0.1) is 11.6 Å². The van der Waals surface area contributed by atoms with E-state index in [1.165, 1.54) is 36.4 Å². The van der Waals surface area contributed by atoms with Gasteiger partial charge in [0.15, 0.2) is 0 Å². The number of nitrogens with one attached hydrogen (secondary N) is 1. The SMILES string of the molecule is CCCc1nc2cc(F)ccc2c(=O)n1NC(=O)Cc1cccc(F)c1. The van der Waals surface area contributed by atoms with Gasteiger partial charge in [-0.05, 0) is 36.2 Å². The summed E-state index contributed by atoms with van der Waals surface area (Å²) < 4.78 is 27.8. The van der Waals surface area contributed by atoms with Crippen molar-refractivity contribution in [1.82, 2.24) is 9.66 Å². The summed E-state index contributed by atoms with van der Waals surface area (Å²) in [4.78, 5) is 29.3. The topological polar surface area (TPSA) is 64.0 Å². The minimum absolute atomic E-state index is 0.0861. The van der Waals surface area contributed by atoms with Crippen molar-refractivity contribution in [2.45, 2.75) is 26.2 Å². The van der Waals surface area contributed by atoms with Crippen molar-refractivity contribution >= 4 is 16.8 Å². The smallest absolute Gasteiger partial charge is 0.273 e. The van der Waals surface area contributed by atoms with Gasteiger partial charge in [0.2, 0.25) is 5.91 Å². The molecule has 0 aliphatic rings. The molecule has 1 heterocycles. The summed E-state index contributed by atoms with van der Waals surface area (Å²) in [6, 6.07) is 9.39. The molecular weight excluding hydrogens is 340 g/mol. The van der Waals surface area contributed by atoms with Gasteiger partial charge >= 0.3 is 0 Å². The van der Waals surface area contributed by atoms with E-state index < -0.39 is 23.1 Å². The number of carbonyl (C=O) groups excluding carboxylic acids is 1. The summed E-state index contributed by atoms with van der Waals surface area (Å²) in [5.41, 5.74) is 2.78. The van der Waals surface area contributed by atoms with E-state index in [2.05, 4.69) is 10.4 Å². The number of nitrogens with zero attached hydrogens (tertiary/aromatic N) is 2. The lowest BCUT2D eigenvalue weighted by molar-refractivity contribution is -0.116. The lowest BCUT2D eigenvalue weighted by Crippen LogP contribution is -2.37. The number of benzene rings is 2. The molecule has 0 spiro atoms. The predicted octanol–water partition coefficient (Wildman–Crippen LogP) is 2.94. The molecule has 0 atom stereocenters. The zero-order valence-electron chi connectivity index (χ0n) is 14.1. The van der Waals surface area contributed by atoms with E-state index in [0.29, 0.717) is 24.2 Å². The van der Waals surface area contributed by atoms with Crippen molar-refractivity contribution in [2.24, 2.45) is 0 Å². The van der Waals surface area contributed by atoms with Crippen LogP contribution in [-0.4, -0.2) is 15.6 Å².